The van der Waals surface area contributed by atoms with Crippen molar-refractivity contribution < 1.29 is 23.8 Å². The van der Waals surface area contributed by atoms with E-state index in [9.17, 15) is 19.1 Å². The Morgan fingerprint density at radius 3 is 2.55 bits per heavy atom. The van der Waals surface area contributed by atoms with E-state index in [0.29, 0.717) is 34.7 Å². The number of carboxylic acids is 1. The summed E-state index contributed by atoms with van der Waals surface area (Å²) in [6, 6.07) is 18.5. The molecule has 0 aliphatic carbocycles. The Labute approximate surface area is 196 Å². The zero-order chi connectivity index (χ0) is 23.6. The highest BCUT2D eigenvalue weighted by molar-refractivity contribution is 6.30. The van der Waals surface area contributed by atoms with Gasteiger partial charge in [0.1, 0.15) is 23.7 Å². The summed E-state index contributed by atoms with van der Waals surface area (Å²) >= 11 is 5.98. The van der Waals surface area contributed by atoms with Crippen LogP contribution in [0, 0.1) is 5.82 Å². The molecule has 1 heterocycles. The lowest BCUT2D eigenvalue weighted by Gasteiger charge is -2.24. The van der Waals surface area contributed by atoms with Crippen molar-refractivity contribution in [3.63, 3.8) is 0 Å². The van der Waals surface area contributed by atoms with E-state index in [1.807, 2.05) is 31.2 Å². The molecule has 1 atom stereocenters. The number of fused-ring (bicyclic) bond motifs is 1. The molecular weight excluding hydrogens is 445 g/mol. The molecule has 0 aromatic heterocycles. The Balaban J connectivity index is 1.53. The standard InChI is InChI=1S/C26H23ClFNO4/c1-26(13-17-5-8-21(27)9-6-17)14-20-12-19(7-10-23(20)33-26)25(32)29(16-24(30)31)15-18-3-2-4-22(28)11-18/h2-12H,13-16H2,1H3,(H,30,31). The number of amides is 1. The van der Waals surface area contributed by atoms with Gasteiger partial charge in [0.2, 0.25) is 0 Å². The second kappa shape index (κ2) is 9.24. The van der Waals surface area contributed by atoms with Crippen molar-refractivity contribution in [1.29, 1.82) is 0 Å². The molecule has 1 amide bonds. The normalized spacial score (nSPS) is 16.7. The number of nitrogens with zero attached hydrogens (tertiary/aromatic N) is 1. The summed E-state index contributed by atoms with van der Waals surface area (Å²) in [6.07, 6.45) is 1.28. The van der Waals surface area contributed by atoms with Crippen molar-refractivity contribution in [2.75, 3.05) is 6.54 Å². The summed E-state index contributed by atoms with van der Waals surface area (Å²) in [6.45, 7) is 1.52. The van der Waals surface area contributed by atoms with E-state index in [0.717, 1.165) is 11.1 Å². The van der Waals surface area contributed by atoms with Crippen LogP contribution >= 0.6 is 11.6 Å². The average Bonchev–Trinajstić information content (AvgIpc) is 3.09. The smallest absolute Gasteiger partial charge is 0.323 e. The summed E-state index contributed by atoms with van der Waals surface area (Å²) in [5, 5.41) is 9.97. The van der Waals surface area contributed by atoms with Crippen molar-refractivity contribution >= 4 is 23.5 Å². The maximum absolute atomic E-state index is 13.6. The van der Waals surface area contributed by atoms with Crippen molar-refractivity contribution in [1.82, 2.24) is 4.90 Å². The minimum Gasteiger partial charge on any atom is -0.487 e. The van der Waals surface area contributed by atoms with E-state index in [4.69, 9.17) is 16.3 Å². The quantitative estimate of drug-likeness (QED) is 0.522. The van der Waals surface area contributed by atoms with E-state index < -0.39 is 29.8 Å². The highest BCUT2D eigenvalue weighted by Crippen LogP contribution is 2.37. The number of hydrogen-bond acceptors (Lipinski definition) is 3. The molecule has 5 nitrogen and oxygen atoms in total. The highest BCUT2D eigenvalue weighted by Gasteiger charge is 2.35. The number of aliphatic carboxylic acids is 1. The van der Waals surface area contributed by atoms with Gasteiger partial charge >= 0.3 is 5.97 Å². The fraction of sp³-hybridized carbons (Fsp3) is 0.231. The SMILES string of the molecule is CC1(Cc2ccc(Cl)cc2)Cc2cc(C(=O)N(CC(=O)O)Cc3cccc(F)c3)ccc2O1. The summed E-state index contributed by atoms with van der Waals surface area (Å²) < 4.78 is 19.8. The number of carbonyl (C=O) groups is 2. The second-order valence-electron chi connectivity index (χ2n) is 8.54. The van der Waals surface area contributed by atoms with Gasteiger partial charge in [0, 0.05) is 30.0 Å². The van der Waals surface area contributed by atoms with E-state index in [-0.39, 0.29) is 6.54 Å². The molecule has 0 spiro atoms. The van der Waals surface area contributed by atoms with Crippen LogP contribution in [0.5, 0.6) is 5.75 Å². The zero-order valence-electron chi connectivity index (χ0n) is 18.1. The van der Waals surface area contributed by atoms with Gasteiger partial charge in [-0.15, -0.1) is 0 Å². The Hall–Kier alpha value is -3.38. The third-order valence-electron chi connectivity index (χ3n) is 5.60. The Morgan fingerprint density at radius 1 is 1.09 bits per heavy atom. The van der Waals surface area contributed by atoms with Crippen LogP contribution < -0.4 is 4.74 Å². The van der Waals surface area contributed by atoms with E-state index in [1.165, 1.54) is 23.1 Å². The molecule has 1 aliphatic rings. The predicted octanol–water partition coefficient (Wildman–Crippen LogP) is 5.14. The molecule has 33 heavy (non-hydrogen) atoms. The lowest BCUT2D eigenvalue weighted by molar-refractivity contribution is -0.137. The molecule has 7 heteroatoms. The number of halogens is 2. The average molecular weight is 468 g/mol. The topological polar surface area (TPSA) is 66.8 Å². The molecular formula is C26H23ClFNO4. The van der Waals surface area contributed by atoms with E-state index in [1.54, 1.807) is 24.3 Å². The number of carboxylic acid groups (broad SMARTS) is 1. The molecule has 0 saturated heterocycles. The first kappa shape index (κ1) is 22.8. The number of carbonyl (C=O) groups excluding carboxylic acids is 1. The van der Waals surface area contributed by atoms with Crippen LogP contribution in [0.15, 0.2) is 66.7 Å². The fourth-order valence-electron chi connectivity index (χ4n) is 4.19. The fourth-order valence-corrected chi connectivity index (χ4v) is 4.31. The Bertz CT molecular complexity index is 1200. The van der Waals surface area contributed by atoms with Crippen LogP contribution in [-0.2, 0) is 24.2 Å². The third kappa shape index (κ3) is 5.52. The minimum absolute atomic E-state index is 0.00917. The largest absolute Gasteiger partial charge is 0.487 e. The maximum atomic E-state index is 13.6. The summed E-state index contributed by atoms with van der Waals surface area (Å²) in [4.78, 5) is 25.7. The van der Waals surface area contributed by atoms with Crippen molar-refractivity contribution in [3.05, 3.63) is 99.8 Å². The first-order valence-corrected chi connectivity index (χ1v) is 10.9. The van der Waals surface area contributed by atoms with Gasteiger partial charge in [0.25, 0.3) is 5.91 Å². The van der Waals surface area contributed by atoms with Crippen LogP contribution in [0.2, 0.25) is 5.02 Å². The van der Waals surface area contributed by atoms with Crippen LogP contribution in [-0.4, -0.2) is 34.0 Å². The molecule has 3 aromatic rings. The van der Waals surface area contributed by atoms with Crippen LogP contribution in [0.3, 0.4) is 0 Å². The van der Waals surface area contributed by atoms with E-state index >= 15 is 0 Å². The molecule has 1 N–H and O–H groups in total. The Morgan fingerprint density at radius 2 is 1.85 bits per heavy atom. The lowest BCUT2D eigenvalue weighted by atomic mass is 9.91. The summed E-state index contributed by atoms with van der Waals surface area (Å²) in [5.41, 5.74) is 2.39. The van der Waals surface area contributed by atoms with Gasteiger partial charge in [-0.3, -0.25) is 9.59 Å². The molecule has 0 radical (unpaired) electrons. The molecule has 1 unspecified atom stereocenters. The van der Waals surface area contributed by atoms with Gasteiger partial charge in [-0.2, -0.15) is 0 Å². The van der Waals surface area contributed by atoms with Crippen molar-refractivity contribution in [2.24, 2.45) is 0 Å². The second-order valence-corrected chi connectivity index (χ2v) is 8.98. The van der Waals surface area contributed by atoms with Crippen LogP contribution in [0.4, 0.5) is 4.39 Å². The Kier molecular flexibility index (Phi) is 6.38. The van der Waals surface area contributed by atoms with E-state index in [2.05, 4.69) is 0 Å². The molecule has 0 saturated carbocycles. The van der Waals surface area contributed by atoms with Gasteiger partial charge in [-0.1, -0.05) is 35.9 Å². The maximum Gasteiger partial charge on any atom is 0.323 e. The van der Waals surface area contributed by atoms with Gasteiger partial charge < -0.3 is 14.7 Å². The van der Waals surface area contributed by atoms with Crippen LogP contribution in [0.1, 0.15) is 34.0 Å². The molecule has 0 fully saturated rings. The number of hydrogen-bond donors (Lipinski definition) is 1. The first-order chi connectivity index (χ1) is 15.7. The predicted molar refractivity (Wildman–Crippen MR) is 123 cm³/mol. The van der Waals surface area contributed by atoms with Gasteiger partial charge in [-0.05, 0) is 66.1 Å². The molecule has 0 bridgehead atoms. The number of ether oxygens (including phenoxy) is 1. The van der Waals surface area contributed by atoms with Crippen molar-refractivity contribution in [3.8, 4) is 5.75 Å². The monoisotopic (exact) mass is 467 g/mol. The number of benzene rings is 3. The van der Waals surface area contributed by atoms with Gasteiger partial charge in [-0.25, -0.2) is 4.39 Å². The lowest BCUT2D eigenvalue weighted by Crippen LogP contribution is -2.35. The molecule has 170 valence electrons. The molecule has 4 rings (SSSR count). The molecule has 1 aliphatic heterocycles. The van der Waals surface area contributed by atoms with Gasteiger partial charge in [0.05, 0.1) is 0 Å². The molecule has 3 aromatic carbocycles. The van der Waals surface area contributed by atoms with Crippen molar-refractivity contribution in [2.45, 2.75) is 31.9 Å². The van der Waals surface area contributed by atoms with Gasteiger partial charge in [0.15, 0.2) is 0 Å². The van der Waals surface area contributed by atoms with Crippen LogP contribution in [0.25, 0.3) is 0 Å². The number of rotatable bonds is 7. The zero-order valence-corrected chi connectivity index (χ0v) is 18.8. The highest BCUT2D eigenvalue weighted by atomic mass is 35.5. The minimum atomic E-state index is -1.14. The third-order valence-corrected chi connectivity index (χ3v) is 5.85. The first-order valence-electron chi connectivity index (χ1n) is 10.5. The summed E-state index contributed by atoms with van der Waals surface area (Å²) in [7, 11) is 0. The summed E-state index contributed by atoms with van der Waals surface area (Å²) in [5.74, 6) is -1.31.